The van der Waals surface area contributed by atoms with Crippen molar-refractivity contribution in [2.24, 2.45) is 0 Å². The predicted octanol–water partition coefficient (Wildman–Crippen LogP) is 2.57. The molecule has 2 aromatic carbocycles. The van der Waals surface area contributed by atoms with Crippen LogP contribution in [0, 0.1) is 0 Å². The Morgan fingerprint density at radius 1 is 1.05 bits per heavy atom. The fraction of sp³-hybridized carbons (Fsp3) is 0.235. The lowest BCUT2D eigenvalue weighted by molar-refractivity contribution is 0.0697. The molecule has 108 valence electrons. The number of carboxylic acid groups (broad SMARTS) is 1. The van der Waals surface area contributed by atoms with Crippen LogP contribution >= 0.6 is 0 Å². The van der Waals surface area contributed by atoms with E-state index >= 15 is 0 Å². The minimum absolute atomic E-state index is 0.315. The van der Waals surface area contributed by atoms with E-state index in [9.17, 15) is 9.90 Å². The van der Waals surface area contributed by atoms with Gasteiger partial charge < -0.3 is 15.7 Å². The maximum absolute atomic E-state index is 11.4. The topological polar surface area (TPSA) is 66.6 Å². The second kappa shape index (κ2) is 5.48. The Labute approximate surface area is 123 Å². The van der Waals surface area contributed by atoms with Crippen molar-refractivity contribution in [1.29, 1.82) is 0 Å². The lowest BCUT2D eigenvalue weighted by Gasteiger charge is -2.24. The van der Waals surface area contributed by atoms with E-state index in [4.69, 9.17) is 5.73 Å². The Kier molecular flexibility index (Phi) is 3.52. The molecule has 2 aromatic rings. The summed E-state index contributed by atoms with van der Waals surface area (Å²) >= 11 is 0. The van der Waals surface area contributed by atoms with Crippen molar-refractivity contribution < 1.29 is 9.90 Å². The van der Waals surface area contributed by atoms with Crippen LogP contribution in [0.2, 0.25) is 0 Å². The molecule has 0 bridgehead atoms. The first-order valence-corrected chi connectivity index (χ1v) is 7.09. The van der Waals surface area contributed by atoms with Gasteiger partial charge in [0.25, 0.3) is 0 Å². The number of aromatic carboxylic acids is 1. The summed E-state index contributed by atoms with van der Waals surface area (Å²) in [7, 11) is 0. The van der Waals surface area contributed by atoms with E-state index in [1.165, 1.54) is 11.1 Å². The Morgan fingerprint density at radius 3 is 2.24 bits per heavy atom. The molecule has 3 rings (SSSR count). The summed E-state index contributed by atoms with van der Waals surface area (Å²) in [6, 6.07) is 13.4. The van der Waals surface area contributed by atoms with E-state index in [1.54, 1.807) is 18.2 Å². The fourth-order valence-corrected chi connectivity index (χ4v) is 2.90. The highest BCUT2D eigenvalue weighted by atomic mass is 16.4. The van der Waals surface area contributed by atoms with Gasteiger partial charge in [-0.25, -0.2) is 4.79 Å². The third-order valence-electron chi connectivity index (χ3n) is 4.01. The zero-order chi connectivity index (χ0) is 14.8. The fourth-order valence-electron chi connectivity index (χ4n) is 2.90. The van der Waals surface area contributed by atoms with Crippen molar-refractivity contribution >= 4 is 17.3 Å². The highest BCUT2D eigenvalue weighted by molar-refractivity contribution is 5.95. The molecule has 0 saturated carbocycles. The molecule has 3 N–H and O–H groups in total. The summed E-state index contributed by atoms with van der Waals surface area (Å²) in [6.07, 6.45) is 1.84. The zero-order valence-corrected chi connectivity index (χ0v) is 11.7. The third-order valence-corrected chi connectivity index (χ3v) is 4.01. The normalized spacial score (nSPS) is 14.4. The van der Waals surface area contributed by atoms with Crippen molar-refractivity contribution in [3.05, 3.63) is 59.2 Å². The molecule has 0 aliphatic carbocycles. The van der Waals surface area contributed by atoms with Crippen LogP contribution in [0.4, 0.5) is 11.4 Å². The van der Waals surface area contributed by atoms with Crippen molar-refractivity contribution in [2.75, 3.05) is 23.7 Å². The third kappa shape index (κ3) is 2.70. The van der Waals surface area contributed by atoms with Crippen LogP contribution in [0.3, 0.4) is 0 Å². The average molecular weight is 282 g/mol. The van der Waals surface area contributed by atoms with Crippen LogP contribution in [0.5, 0.6) is 0 Å². The smallest absolute Gasteiger partial charge is 0.337 e. The van der Waals surface area contributed by atoms with Gasteiger partial charge in [0.05, 0.1) is 11.3 Å². The summed E-state index contributed by atoms with van der Waals surface area (Å²) in [5.74, 6) is -0.910. The van der Waals surface area contributed by atoms with E-state index in [1.807, 2.05) is 0 Å². The van der Waals surface area contributed by atoms with Gasteiger partial charge in [0.1, 0.15) is 0 Å². The van der Waals surface area contributed by atoms with Gasteiger partial charge >= 0.3 is 5.97 Å². The van der Waals surface area contributed by atoms with Gasteiger partial charge in [-0.2, -0.15) is 0 Å². The molecule has 1 heterocycles. The first kappa shape index (κ1) is 13.5. The molecule has 0 amide bonds. The lowest BCUT2D eigenvalue weighted by atomic mass is 10.0. The van der Waals surface area contributed by atoms with Crippen LogP contribution in [0.15, 0.2) is 42.5 Å². The van der Waals surface area contributed by atoms with Gasteiger partial charge in [-0.3, -0.25) is 0 Å². The van der Waals surface area contributed by atoms with E-state index in [-0.39, 0.29) is 0 Å². The number of nitrogens with zero attached hydrogens (tertiary/aromatic N) is 1. The number of hydrogen-bond donors (Lipinski definition) is 2. The molecule has 0 radical (unpaired) electrons. The molecule has 0 unspecified atom stereocenters. The molecule has 1 aliphatic heterocycles. The Balaban J connectivity index is 1.93. The maximum atomic E-state index is 11.4. The van der Waals surface area contributed by atoms with Gasteiger partial charge in [0, 0.05) is 18.8 Å². The van der Waals surface area contributed by atoms with Gasteiger partial charge in [0.2, 0.25) is 0 Å². The summed E-state index contributed by atoms with van der Waals surface area (Å²) in [4.78, 5) is 13.5. The molecule has 1 aliphatic rings. The SMILES string of the molecule is Nc1ccc(C(=O)O)c(N2CCc3ccccc3CC2)c1. The number of rotatable bonds is 2. The van der Waals surface area contributed by atoms with Crippen molar-refractivity contribution in [2.45, 2.75) is 12.8 Å². The van der Waals surface area contributed by atoms with Gasteiger partial charge in [0.15, 0.2) is 0 Å². The van der Waals surface area contributed by atoms with E-state index in [0.717, 1.165) is 31.6 Å². The van der Waals surface area contributed by atoms with Crippen LogP contribution in [-0.4, -0.2) is 24.2 Å². The molecule has 0 atom stereocenters. The minimum Gasteiger partial charge on any atom is -0.478 e. The summed E-state index contributed by atoms with van der Waals surface area (Å²) in [6.45, 7) is 1.61. The van der Waals surface area contributed by atoms with Crippen molar-refractivity contribution in [3.63, 3.8) is 0 Å². The number of carboxylic acids is 1. The number of hydrogen-bond acceptors (Lipinski definition) is 3. The molecule has 0 aromatic heterocycles. The first-order valence-electron chi connectivity index (χ1n) is 7.09. The second-order valence-corrected chi connectivity index (χ2v) is 5.34. The van der Waals surface area contributed by atoms with Gasteiger partial charge in [-0.1, -0.05) is 24.3 Å². The number of anilines is 2. The number of carbonyl (C=O) groups is 1. The van der Waals surface area contributed by atoms with Gasteiger partial charge in [-0.05, 0) is 42.2 Å². The van der Waals surface area contributed by atoms with Crippen molar-refractivity contribution in [3.8, 4) is 0 Å². The summed E-state index contributed by atoms with van der Waals surface area (Å²) in [5, 5.41) is 9.36. The van der Waals surface area contributed by atoms with E-state index in [0.29, 0.717) is 11.3 Å². The Bertz CT molecular complexity index is 655. The second-order valence-electron chi connectivity index (χ2n) is 5.34. The molecule has 0 saturated heterocycles. The highest BCUT2D eigenvalue weighted by Gasteiger charge is 2.19. The molecular weight excluding hydrogens is 264 g/mol. The maximum Gasteiger partial charge on any atom is 0.337 e. The van der Waals surface area contributed by atoms with Crippen LogP contribution < -0.4 is 10.6 Å². The van der Waals surface area contributed by atoms with Gasteiger partial charge in [-0.15, -0.1) is 0 Å². The molecule has 0 fully saturated rings. The van der Waals surface area contributed by atoms with Crippen LogP contribution in [0.25, 0.3) is 0 Å². The van der Waals surface area contributed by atoms with Crippen molar-refractivity contribution in [1.82, 2.24) is 0 Å². The summed E-state index contributed by atoms with van der Waals surface area (Å²) < 4.78 is 0. The molecule has 4 heteroatoms. The van der Waals surface area contributed by atoms with Crippen LogP contribution in [0.1, 0.15) is 21.5 Å². The van der Waals surface area contributed by atoms with E-state index < -0.39 is 5.97 Å². The Hall–Kier alpha value is -2.49. The first-order chi connectivity index (χ1) is 10.1. The number of benzene rings is 2. The molecular formula is C17H18N2O2. The molecule has 0 spiro atoms. The lowest BCUT2D eigenvalue weighted by Crippen LogP contribution is -2.27. The number of fused-ring (bicyclic) bond motifs is 1. The molecule has 4 nitrogen and oxygen atoms in total. The zero-order valence-electron chi connectivity index (χ0n) is 11.7. The van der Waals surface area contributed by atoms with E-state index in [2.05, 4.69) is 29.2 Å². The number of nitrogens with two attached hydrogens (primary N) is 1. The predicted molar refractivity (Wildman–Crippen MR) is 83.9 cm³/mol. The average Bonchev–Trinajstić information content (AvgIpc) is 2.69. The quantitative estimate of drug-likeness (QED) is 0.831. The Morgan fingerprint density at radius 2 is 1.67 bits per heavy atom. The standard InChI is InChI=1S/C17H18N2O2/c18-14-5-6-15(17(20)21)16(11-14)19-9-7-12-3-1-2-4-13(12)8-10-19/h1-6,11H,7-10,18H2,(H,20,21). The largest absolute Gasteiger partial charge is 0.478 e. The number of nitrogen functional groups attached to an aromatic ring is 1. The molecule has 21 heavy (non-hydrogen) atoms. The van der Waals surface area contributed by atoms with Crippen LogP contribution in [-0.2, 0) is 12.8 Å². The summed E-state index contributed by atoms with van der Waals surface area (Å²) in [5.41, 5.74) is 10.2. The minimum atomic E-state index is -0.910. The highest BCUT2D eigenvalue weighted by Crippen LogP contribution is 2.26. The monoisotopic (exact) mass is 282 g/mol.